The lowest BCUT2D eigenvalue weighted by Gasteiger charge is -2.03. The highest BCUT2D eigenvalue weighted by Gasteiger charge is 2.12. The van der Waals surface area contributed by atoms with E-state index in [9.17, 15) is 4.79 Å². The standard InChI is InChI=1S/C7HCl3N4O2S/c8-4-2(1-11-7(10)12-4)16-6-3(15)5(9)13-17-14-6/h1H. The molecule has 0 aromatic carbocycles. The fraction of sp³-hybridized carbons (Fsp3) is 0. The highest BCUT2D eigenvalue weighted by atomic mass is 35.5. The number of hydrogen-bond donors (Lipinski definition) is 0. The number of aromatic nitrogens is 4. The maximum atomic E-state index is 11.5. The van der Waals surface area contributed by atoms with Crippen LogP contribution in [-0.2, 0) is 0 Å². The van der Waals surface area contributed by atoms with Crippen molar-refractivity contribution in [3.63, 3.8) is 0 Å². The summed E-state index contributed by atoms with van der Waals surface area (Å²) >= 11 is 17.5. The molecule has 0 unspecified atom stereocenters. The van der Waals surface area contributed by atoms with Crippen LogP contribution in [0.15, 0.2) is 11.0 Å². The van der Waals surface area contributed by atoms with Gasteiger partial charge in [-0.3, -0.25) is 4.79 Å². The van der Waals surface area contributed by atoms with Gasteiger partial charge in [-0.2, -0.15) is 4.37 Å². The van der Waals surface area contributed by atoms with E-state index in [2.05, 4.69) is 18.7 Å². The summed E-state index contributed by atoms with van der Waals surface area (Å²) in [7, 11) is 0. The van der Waals surface area contributed by atoms with Crippen LogP contribution in [0.2, 0.25) is 15.6 Å². The van der Waals surface area contributed by atoms with E-state index in [0.717, 1.165) is 11.7 Å². The number of ether oxygens (including phenoxy) is 1. The second-order valence-corrected chi connectivity index (χ2v) is 4.17. The summed E-state index contributed by atoms with van der Waals surface area (Å²) in [5, 5.41) is -0.302. The van der Waals surface area contributed by atoms with Crippen LogP contribution in [0.4, 0.5) is 0 Å². The van der Waals surface area contributed by atoms with Gasteiger partial charge in [-0.1, -0.05) is 23.2 Å². The van der Waals surface area contributed by atoms with Crippen molar-refractivity contribution in [3.8, 4) is 11.6 Å². The molecular weight excluding hydrogens is 311 g/mol. The Morgan fingerprint density at radius 1 is 1.18 bits per heavy atom. The maximum Gasteiger partial charge on any atom is 0.283 e. The monoisotopic (exact) mass is 310 g/mol. The summed E-state index contributed by atoms with van der Waals surface area (Å²) in [6, 6.07) is 0. The molecule has 0 spiro atoms. The van der Waals surface area contributed by atoms with Crippen molar-refractivity contribution in [2.24, 2.45) is 0 Å². The third-order valence-corrected chi connectivity index (χ3v) is 2.84. The smallest absolute Gasteiger partial charge is 0.283 e. The minimum absolute atomic E-state index is 0.0340. The van der Waals surface area contributed by atoms with Gasteiger partial charge < -0.3 is 4.74 Å². The van der Waals surface area contributed by atoms with Crippen molar-refractivity contribution in [2.75, 3.05) is 0 Å². The van der Waals surface area contributed by atoms with Crippen molar-refractivity contribution >= 4 is 46.5 Å². The van der Waals surface area contributed by atoms with Gasteiger partial charge >= 0.3 is 0 Å². The lowest BCUT2D eigenvalue weighted by molar-refractivity contribution is 0.457. The molecule has 88 valence electrons. The molecule has 6 nitrogen and oxygen atoms in total. The van der Waals surface area contributed by atoms with Crippen LogP contribution in [0.25, 0.3) is 0 Å². The molecule has 0 fully saturated rings. The Hall–Kier alpha value is -1.02. The quantitative estimate of drug-likeness (QED) is 0.626. The average Bonchev–Trinajstić information content (AvgIpc) is 2.28. The number of rotatable bonds is 2. The molecule has 10 heteroatoms. The minimum Gasteiger partial charge on any atom is -0.430 e. The lowest BCUT2D eigenvalue weighted by atomic mass is 10.6. The van der Waals surface area contributed by atoms with Gasteiger partial charge in [0.2, 0.25) is 5.28 Å². The van der Waals surface area contributed by atoms with Crippen LogP contribution in [0.3, 0.4) is 0 Å². The molecule has 0 radical (unpaired) electrons. The first-order valence-electron chi connectivity index (χ1n) is 3.96. The van der Waals surface area contributed by atoms with Crippen LogP contribution in [0.5, 0.6) is 11.6 Å². The SMILES string of the molecule is O=c1c(Cl)nsnc1Oc1cnc(Cl)nc1Cl. The summed E-state index contributed by atoms with van der Waals surface area (Å²) in [5.41, 5.74) is -0.642. The van der Waals surface area contributed by atoms with E-state index in [4.69, 9.17) is 39.5 Å². The Kier molecular flexibility index (Phi) is 3.72. The normalized spacial score (nSPS) is 10.3. The van der Waals surface area contributed by atoms with Crippen molar-refractivity contribution in [1.82, 2.24) is 18.7 Å². The largest absolute Gasteiger partial charge is 0.430 e. The van der Waals surface area contributed by atoms with E-state index >= 15 is 0 Å². The lowest BCUT2D eigenvalue weighted by Crippen LogP contribution is -2.08. The summed E-state index contributed by atoms with van der Waals surface area (Å²) in [6.45, 7) is 0. The molecule has 0 bridgehead atoms. The van der Waals surface area contributed by atoms with E-state index in [1.165, 1.54) is 6.20 Å². The van der Waals surface area contributed by atoms with Crippen LogP contribution in [0, 0.1) is 0 Å². The second kappa shape index (κ2) is 5.09. The van der Waals surface area contributed by atoms with Crippen LogP contribution >= 0.6 is 46.5 Å². The summed E-state index contributed by atoms with van der Waals surface area (Å²) < 4.78 is 12.3. The van der Waals surface area contributed by atoms with Gasteiger partial charge in [0, 0.05) is 0 Å². The van der Waals surface area contributed by atoms with Crippen molar-refractivity contribution in [2.45, 2.75) is 0 Å². The molecular formula is C7HCl3N4O2S. The zero-order valence-electron chi connectivity index (χ0n) is 7.72. The molecule has 0 aliphatic carbocycles. The predicted octanol–water partition coefficient (Wildman–Crippen LogP) is 2.44. The molecule has 2 rings (SSSR count). The van der Waals surface area contributed by atoms with Gasteiger partial charge in [-0.05, 0) is 11.6 Å². The first kappa shape index (κ1) is 12.4. The summed E-state index contributed by atoms with van der Waals surface area (Å²) in [6.07, 6.45) is 1.22. The van der Waals surface area contributed by atoms with Gasteiger partial charge in [0.05, 0.1) is 17.9 Å². The summed E-state index contributed by atoms with van der Waals surface area (Å²) in [5.74, 6) is -0.196. The third-order valence-electron chi connectivity index (χ3n) is 1.52. The van der Waals surface area contributed by atoms with Crippen LogP contribution < -0.4 is 10.2 Å². The van der Waals surface area contributed by atoms with E-state index in [1.54, 1.807) is 0 Å². The molecule has 2 heterocycles. The highest BCUT2D eigenvalue weighted by molar-refractivity contribution is 6.99. The van der Waals surface area contributed by atoms with Gasteiger partial charge in [0.1, 0.15) is 0 Å². The molecule has 2 aromatic rings. The minimum atomic E-state index is -0.642. The Morgan fingerprint density at radius 3 is 2.65 bits per heavy atom. The molecule has 0 aliphatic rings. The van der Waals surface area contributed by atoms with Crippen LogP contribution in [-0.4, -0.2) is 18.7 Å². The molecule has 0 saturated carbocycles. The Balaban J connectivity index is 2.38. The van der Waals surface area contributed by atoms with Crippen molar-refractivity contribution < 1.29 is 4.74 Å². The van der Waals surface area contributed by atoms with Crippen molar-refractivity contribution in [3.05, 3.63) is 32.0 Å². The second-order valence-electron chi connectivity index (χ2n) is 2.59. The molecule has 2 aromatic heterocycles. The Bertz CT molecular complexity index is 620. The fourth-order valence-electron chi connectivity index (χ4n) is 0.832. The van der Waals surface area contributed by atoms with E-state index in [0.29, 0.717) is 0 Å². The fourth-order valence-corrected chi connectivity index (χ4v) is 1.74. The first-order chi connectivity index (χ1) is 8.08. The average molecular weight is 312 g/mol. The first-order valence-corrected chi connectivity index (χ1v) is 5.82. The highest BCUT2D eigenvalue weighted by Crippen LogP contribution is 2.25. The molecule has 0 amide bonds. The van der Waals surface area contributed by atoms with Gasteiger partial charge in [-0.25, -0.2) is 9.97 Å². The maximum absolute atomic E-state index is 11.5. The number of hydrogen-bond acceptors (Lipinski definition) is 7. The molecule has 0 atom stereocenters. The Morgan fingerprint density at radius 2 is 1.94 bits per heavy atom. The summed E-state index contributed by atoms with van der Waals surface area (Å²) in [4.78, 5) is 18.8. The van der Waals surface area contributed by atoms with E-state index in [-0.39, 0.29) is 27.2 Å². The van der Waals surface area contributed by atoms with Gasteiger partial charge in [-0.15, -0.1) is 4.37 Å². The third kappa shape index (κ3) is 2.81. The van der Waals surface area contributed by atoms with E-state index < -0.39 is 5.43 Å². The van der Waals surface area contributed by atoms with E-state index in [1.807, 2.05) is 0 Å². The van der Waals surface area contributed by atoms with Crippen molar-refractivity contribution in [1.29, 1.82) is 0 Å². The van der Waals surface area contributed by atoms with Crippen LogP contribution in [0.1, 0.15) is 0 Å². The predicted molar refractivity (Wildman–Crippen MR) is 63.3 cm³/mol. The number of nitrogens with zero attached hydrogens (tertiary/aromatic N) is 4. The van der Waals surface area contributed by atoms with Gasteiger partial charge in [0.25, 0.3) is 11.3 Å². The Labute approximate surface area is 113 Å². The van der Waals surface area contributed by atoms with Gasteiger partial charge in [0.15, 0.2) is 16.1 Å². The molecule has 17 heavy (non-hydrogen) atoms. The molecule has 0 aliphatic heterocycles. The zero-order chi connectivity index (χ0) is 12.4. The molecule has 0 N–H and O–H groups in total. The number of halogens is 3. The molecule has 0 saturated heterocycles. The topological polar surface area (TPSA) is 77.9 Å². The zero-order valence-corrected chi connectivity index (χ0v) is 10.8.